The van der Waals surface area contributed by atoms with Gasteiger partial charge in [0.15, 0.2) is 0 Å². The van der Waals surface area contributed by atoms with Gasteiger partial charge < -0.3 is 16.0 Å². The summed E-state index contributed by atoms with van der Waals surface area (Å²) in [5, 5.41) is 2.80. The maximum atomic E-state index is 11.8. The molecule has 1 atom stereocenters. The lowest BCUT2D eigenvalue weighted by Crippen LogP contribution is -2.40. The molecule has 0 saturated carbocycles. The molecule has 124 valence electrons. The van der Waals surface area contributed by atoms with Gasteiger partial charge >= 0.3 is 0 Å². The second-order valence-corrected chi connectivity index (χ2v) is 5.98. The molecule has 7 heteroatoms. The van der Waals surface area contributed by atoms with E-state index in [1.54, 1.807) is 11.9 Å². The number of likely N-dealkylation sites (N-methyl/N-ethyl adjacent to an activating group) is 1. The highest BCUT2D eigenvalue weighted by molar-refractivity contribution is 8.00. The Labute approximate surface area is 142 Å². The molecule has 0 aliphatic rings. The first-order chi connectivity index (χ1) is 9.93. The molecule has 0 radical (unpaired) electrons. The summed E-state index contributed by atoms with van der Waals surface area (Å²) in [6, 6.07) is 7.62. The topological polar surface area (TPSA) is 75.4 Å². The molecule has 0 heterocycles. The third-order valence-corrected chi connectivity index (χ3v) is 4.11. The quantitative estimate of drug-likeness (QED) is 0.791. The van der Waals surface area contributed by atoms with Crippen LogP contribution >= 0.6 is 24.2 Å². The van der Waals surface area contributed by atoms with Crippen LogP contribution in [-0.2, 0) is 9.59 Å². The molecule has 0 bridgehead atoms. The van der Waals surface area contributed by atoms with Crippen LogP contribution in [0.1, 0.15) is 12.5 Å². The van der Waals surface area contributed by atoms with Crippen LogP contribution in [0.2, 0.25) is 0 Å². The summed E-state index contributed by atoms with van der Waals surface area (Å²) in [5.74, 6) is 0.416. The molecule has 1 rings (SSSR count). The summed E-state index contributed by atoms with van der Waals surface area (Å²) in [7, 11) is 1.73. The highest BCUT2D eigenvalue weighted by atomic mass is 35.5. The van der Waals surface area contributed by atoms with Crippen molar-refractivity contribution in [3.8, 4) is 0 Å². The zero-order chi connectivity index (χ0) is 15.8. The smallest absolute Gasteiger partial charge is 0.234 e. The summed E-state index contributed by atoms with van der Waals surface area (Å²) < 4.78 is 0. The van der Waals surface area contributed by atoms with Crippen LogP contribution in [0.5, 0.6) is 0 Å². The average molecular weight is 346 g/mol. The predicted molar refractivity (Wildman–Crippen MR) is 95.7 cm³/mol. The van der Waals surface area contributed by atoms with Gasteiger partial charge in [0.05, 0.1) is 11.5 Å². The lowest BCUT2D eigenvalue weighted by molar-refractivity contribution is -0.128. The van der Waals surface area contributed by atoms with Gasteiger partial charge in [-0.1, -0.05) is 17.7 Å². The maximum absolute atomic E-state index is 11.8. The number of halogens is 1. The van der Waals surface area contributed by atoms with E-state index in [0.29, 0.717) is 6.54 Å². The van der Waals surface area contributed by atoms with Crippen molar-refractivity contribution in [1.82, 2.24) is 4.90 Å². The molecule has 0 fully saturated rings. The first-order valence-corrected chi connectivity index (χ1v) is 7.99. The molecule has 0 aromatic heterocycles. The number of amides is 2. The van der Waals surface area contributed by atoms with Crippen molar-refractivity contribution in [1.29, 1.82) is 0 Å². The Balaban J connectivity index is 0.00000441. The number of carbonyl (C=O) groups excluding carboxylic acids is 2. The zero-order valence-corrected chi connectivity index (χ0v) is 14.8. The molecular formula is C15H24ClN3O2S. The summed E-state index contributed by atoms with van der Waals surface area (Å²) in [6.45, 7) is 4.32. The van der Waals surface area contributed by atoms with E-state index in [2.05, 4.69) is 5.32 Å². The van der Waals surface area contributed by atoms with E-state index in [1.807, 2.05) is 38.1 Å². The standard InChI is InChI=1S/C15H23N3O2S.ClH/c1-11-4-6-13(7-5-11)17-14(19)9-21-10-15(20)18(3)12(2)8-16;/h4-7,12H,8-10,16H2,1-3H3,(H,17,19);1H. The molecule has 0 aliphatic heterocycles. The minimum Gasteiger partial charge on any atom is -0.341 e. The number of benzene rings is 1. The first-order valence-electron chi connectivity index (χ1n) is 6.84. The number of nitrogens with two attached hydrogens (primary N) is 1. The summed E-state index contributed by atoms with van der Waals surface area (Å²) in [5.41, 5.74) is 7.43. The van der Waals surface area contributed by atoms with Gasteiger partial charge in [-0.15, -0.1) is 24.2 Å². The number of hydrogen-bond acceptors (Lipinski definition) is 4. The number of thioether (sulfide) groups is 1. The van der Waals surface area contributed by atoms with Crippen LogP contribution in [0.25, 0.3) is 0 Å². The van der Waals surface area contributed by atoms with Gasteiger partial charge in [0.1, 0.15) is 0 Å². The lowest BCUT2D eigenvalue weighted by Gasteiger charge is -2.23. The molecule has 22 heavy (non-hydrogen) atoms. The number of aryl methyl sites for hydroxylation is 1. The van der Waals surface area contributed by atoms with Gasteiger partial charge in [-0.2, -0.15) is 0 Å². The van der Waals surface area contributed by atoms with Gasteiger partial charge in [0, 0.05) is 25.3 Å². The van der Waals surface area contributed by atoms with Crippen LogP contribution < -0.4 is 11.1 Å². The molecule has 0 aliphatic carbocycles. The van der Waals surface area contributed by atoms with E-state index in [1.165, 1.54) is 11.8 Å². The second-order valence-electron chi connectivity index (χ2n) is 5.00. The van der Waals surface area contributed by atoms with Crippen molar-refractivity contribution < 1.29 is 9.59 Å². The zero-order valence-electron chi connectivity index (χ0n) is 13.2. The third-order valence-electron chi connectivity index (χ3n) is 3.19. The van der Waals surface area contributed by atoms with Crippen molar-refractivity contribution in [3.63, 3.8) is 0 Å². The fraction of sp³-hybridized carbons (Fsp3) is 0.467. The Hall–Kier alpha value is -1.24. The first kappa shape index (κ1) is 20.8. The molecule has 1 unspecified atom stereocenters. The summed E-state index contributed by atoms with van der Waals surface area (Å²) >= 11 is 1.30. The molecule has 2 amide bonds. The molecule has 5 nitrogen and oxygen atoms in total. The van der Waals surface area contributed by atoms with Gasteiger partial charge in [0.2, 0.25) is 11.8 Å². The van der Waals surface area contributed by atoms with Crippen LogP contribution in [0.3, 0.4) is 0 Å². The SMILES string of the molecule is Cc1ccc(NC(=O)CSCC(=O)N(C)C(C)CN)cc1.Cl. The van der Waals surface area contributed by atoms with Crippen molar-refractivity contribution in [2.24, 2.45) is 5.73 Å². The van der Waals surface area contributed by atoms with E-state index in [0.717, 1.165) is 11.3 Å². The van der Waals surface area contributed by atoms with E-state index in [9.17, 15) is 9.59 Å². The number of anilines is 1. The van der Waals surface area contributed by atoms with Crippen LogP contribution in [0.4, 0.5) is 5.69 Å². The highest BCUT2D eigenvalue weighted by Crippen LogP contribution is 2.10. The molecule has 0 spiro atoms. The van der Waals surface area contributed by atoms with Gasteiger partial charge in [-0.25, -0.2) is 0 Å². The van der Waals surface area contributed by atoms with E-state index in [4.69, 9.17) is 5.73 Å². The van der Waals surface area contributed by atoms with E-state index >= 15 is 0 Å². The summed E-state index contributed by atoms with van der Waals surface area (Å²) in [4.78, 5) is 25.2. The Bertz CT molecular complexity index is 482. The van der Waals surface area contributed by atoms with E-state index < -0.39 is 0 Å². The molecule has 1 aromatic carbocycles. The van der Waals surface area contributed by atoms with Crippen LogP contribution in [0, 0.1) is 6.92 Å². The number of rotatable bonds is 7. The number of nitrogens with zero attached hydrogens (tertiary/aromatic N) is 1. The lowest BCUT2D eigenvalue weighted by atomic mass is 10.2. The molecule has 0 saturated heterocycles. The third kappa shape index (κ3) is 7.15. The Kier molecular flexibility index (Phi) is 9.89. The van der Waals surface area contributed by atoms with Gasteiger partial charge in [-0.05, 0) is 26.0 Å². The van der Waals surface area contributed by atoms with Crippen molar-refractivity contribution >= 4 is 41.7 Å². The summed E-state index contributed by atoms with van der Waals surface area (Å²) in [6.07, 6.45) is 0. The Morgan fingerprint density at radius 3 is 2.41 bits per heavy atom. The van der Waals surface area contributed by atoms with Crippen molar-refractivity contribution in [3.05, 3.63) is 29.8 Å². The molecule has 1 aromatic rings. The largest absolute Gasteiger partial charge is 0.341 e. The Morgan fingerprint density at radius 1 is 1.27 bits per heavy atom. The van der Waals surface area contributed by atoms with E-state index in [-0.39, 0.29) is 41.8 Å². The van der Waals surface area contributed by atoms with Gasteiger partial charge in [-0.3, -0.25) is 9.59 Å². The average Bonchev–Trinajstić information content (AvgIpc) is 2.47. The molecule has 3 N–H and O–H groups in total. The van der Waals surface area contributed by atoms with Crippen molar-refractivity contribution in [2.45, 2.75) is 19.9 Å². The van der Waals surface area contributed by atoms with Gasteiger partial charge in [0.25, 0.3) is 0 Å². The highest BCUT2D eigenvalue weighted by Gasteiger charge is 2.14. The second kappa shape index (κ2) is 10.5. The number of hydrogen-bond donors (Lipinski definition) is 2. The monoisotopic (exact) mass is 345 g/mol. The predicted octanol–water partition coefficient (Wildman–Crippen LogP) is 1.89. The minimum absolute atomic E-state index is 0. The fourth-order valence-corrected chi connectivity index (χ4v) is 2.31. The van der Waals surface area contributed by atoms with Crippen LogP contribution in [0.15, 0.2) is 24.3 Å². The maximum Gasteiger partial charge on any atom is 0.234 e. The fourth-order valence-electron chi connectivity index (χ4n) is 1.57. The minimum atomic E-state index is -0.105. The van der Waals surface area contributed by atoms with Crippen molar-refractivity contribution in [2.75, 3.05) is 30.4 Å². The normalized spacial score (nSPS) is 11.3. The molecular weight excluding hydrogens is 322 g/mol. The number of nitrogens with one attached hydrogen (secondary N) is 1. The number of carbonyl (C=O) groups is 2. The van der Waals surface area contributed by atoms with Crippen LogP contribution in [-0.4, -0.2) is 47.9 Å². The Morgan fingerprint density at radius 2 is 1.86 bits per heavy atom.